The quantitative estimate of drug-likeness (QED) is 0.756. The average Bonchev–Trinajstić information content (AvgIpc) is 2.91. The summed E-state index contributed by atoms with van der Waals surface area (Å²) in [5.74, 6) is 0. The first kappa shape index (κ1) is 16.1. The third kappa shape index (κ3) is 3.83. The Bertz CT molecular complexity index is 785. The Morgan fingerprint density at radius 3 is 2.48 bits per heavy atom. The Kier molecular flexibility index (Phi) is 4.93. The van der Waals surface area contributed by atoms with Gasteiger partial charge in [-0.15, -0.1) is 0 Å². The van der Waals surface area contributed by atoms with Gasteiger partial charge in [-0.3, -0.25) is 0 Å². The molecule has 1 fully saturated rings. The highest BCUT2D eigenvalue weighted by Crippen LogP contribution is 2.23. The van der Waals surface area contributed by atoms with E-state index in [1.54, 1.807) is 0 Å². The van der Waals surface area contributed by atoms with Gasteiger partial charge in [-0.1, -0.05) is 61.4 Å². The zero-order valence-corrected chi connectivity index (χ0v) is 14.6. The molecule has 1 aliphatic rings. The molecule has 1 saturated heterocycles. The highest BCUT2D eigenvalue weighted by molar-refractivity contribution is 5.60. The molecule has 0 amide bonds. The van der Waals surface area contributed by atoms with Crippen LogP contribution in [0.5, 0.6) is 0 Å². The van der Waals surface area contributed by atoms with Crippen LogP contribution in [0.4, 0.5) is 0 Å². The van der Waals surface area contributed by atoms with Gasteiger partial charge in [-0.25, -0.2) is 4.68 Å². The maximum atomic E-state index is 4.93. The van der Waals surface area contributed by atoms with Crippen LogP contribution < -0.4 is 5.32 Å². The number of nitrogens with zero attached hydrogens (tertiary/aromatic N) is 2. The molecule has 25 heavy (non-hydrogen) atoms. The van der Waals surface area contributed by atoms with Gasteiger partial charge in [0.1, 0.15) is 0 Å². The summed E-state index contributed by atoms with van der Waals surface area (Å²) in [5, 5.41) is 8.65. The number of para-hydroxylation sites is 1. The molecule has 2 aromatic carbocycles. The molecule has 3 heteroatoms. The van der Waals surface area contributed by atoms with Crippen molar-refractivity contribution in [3.05, 3.63) is 72.4 Å². The molecule has 1 N–H and O–H groups in total. The number of rotatable bonds is 4. The number of aromatic nitrogens is 2. The summed E-state index contributed by atoms with van der Waals surface area (Å²) in [6.45, 7) is 1.13. The fourth-order valence-corrected chi connectivity index (χ4v) is 3.64. The van der Waals surface area contributed by atoms with Crippen LogP contribution in [0.25, 0.3) is 16.9 Å². The first-order valence-electron chi connectivity index (χ1n) is 9.33. The van der Waals surface area contributed by atoms with Crippen LogP contribution in [-0.2, 0) is 6.42 Å². The van der Waals surface area contributed by atoms with Crippen molar-refractivity contribution in [2.45, 2.75) is 38.1 Å². The SMILES string of the molecule is c1ccc(-c2cc(CC3CCCCCN3)n(-c3ccccc3)n2)cc1. The smallest absolute Gasteiger partial charge is 0.0930 e. The maximum Gasteiger partial charge on any atom is 0.0930 e. The minimum atomic E-state index is 0.547. The van der Waals surface area contributed by atoms with Gasteiger partial charge in [0.15, 0.2) is 0 Å². The van der Waals surface area contributed by atoms with E-state index in [9.17, 15) is 0 Å². The summed E-state index contributed by atoms with van der Waals surface area (Å²) in [4.78, 5) is 0. The monoisotopic (exact) mass is 331 g/mol. The van der Waals surface area contributed by atoms with Gasteiger partial charge in [0.2, 0.25) is 0 Å². The molecule has 2 heterocycles. The van der Waals surface area contributed by atoms with Gasteiger partial charge in [-0.2, -0.15) is 5.10 Å². The molecule has 0 aliphatic carbocycles. The van der Waals surface area contributed by atoms with Crippen molar-refractivity contribution < 1.29 is 0 Å². The summed E-state index contributed by atoms with van der Waals surface area (Å²) in [5.41, 5.74) is 4.64. The lowest BCUT2D eigenvalue weighted by Crippen LogP contribution is -2.30. The molecular weight excluding hydrogens is 306 g/mol. The van der Waals surface area contributed by atoms with Crippen molar-refractivity contribution in [1.29, 1.82) is 0 Å². The second-order valence-corrected chi connectivity index (χ2v) is 6.84. The fraction of sp³-hybridized carbons (Fsp3) is 0.318. The molecular formula is C22H25N3. The van der Waals surface area contributed by atoms with Gasteiger partial charge in [0.05, 0.1) is 11.4 Å². The van der Waals surface area contributed by atoms with E-state index in [2.05, 4.69) is 70.7 Å². The number of hydrogen-bond acceptors (Lipinski definition) is 2. The molecule has 0 radical (unpaired) electrons. The van der Waals surface area contributed by atoms with E-state index in [1.807, 2.05) is 6.07 Å². The molecule has 1 atom stereocenters. The van der Waals surface area contributed by atoms with Gasteiger partial charge in [-0.05, 0) is 37.6 Å². The van der Waals surface area contributed by atoms with Crippen LogP contribution >= 0.6 is 0 Å². The number of hydrogen-bond donors (Lipinski definition) is 1. The zero-order valence-electron chi connectivity index (χ0n) is 14.6. The molecule has 0 spiro atoms. The molecule has 1 aliphatic heterocycles. The number of nitrogens with one attached hydrogen (secondary N) is 1. The van der Waals surface area contributed by atoms with Crippen molar-refractivity contribution in [2.24, 2.45) is 0 Å². The second-order valence-electron chi connectivity index (χ2n) is 6.84. The molecule has 0 bridgehead atoms. The van der Waals surface area contributed by atoms with E-state index in [0.29, 0.717) is 6.04 Å². The topological polar surface area (TPSA) is 29.9 Å². The van der Waals surface area contributed by atoms with Crippen molar-refractivity contribution in [3.63, 3.8) is 0 Å². The van der Waals surface area contributed by atoms with Crippen molar-refractivity contribution in [1.82, 2.24) is 15.1 Å². The van der Waals surface area contributed by atoms with Crippen LogP contribution in [0, 0.1) is 0 Å². The number of benzene rings is 2. The summed E-state index contributed by atoms with van der Waals surface area (Å²) < 4.78 is 2.12. The Morgan fingerprint density at radius 2 is 1.68 bits per heavy atom. The first-order valence-corrected chi connectivity index (χ1v) is 9.33. The van der Waals surface area contributed by atoms with E-state index < -0.39 is 0 Å². The normalized spacial score (nSPS) is 18.0. The molecule has 1 aromatic heterocycles. The molecule has 1 unspecified atom stereocenters. The van der Waals surface area contributed by atoms with E-state index in [0.717, 1.165) is 24.3 Å². The van der Waals surface area contributed by atoms with Crippen LogP contribution in [-0.4, -0.2) is 22.4 Å². The van der Waals surface area contributed by atoms with Crippen LogP contribution in [0.3, 0.4) is 0 Å². The van der Waals surface area contributed by atoms with Gasteiger partial charge in [0, 0.05) is 23.7 Å². The van der Waals surface area contributed by atoms with Crippen molar-refractivity contribution in [2.75, 3.05) is 6.54 Å². The summed E-state index contributed by atoms with van der Waals surface area (Å²) in [7, 11) is 0. The lowest BCUT2D eigenvalue weighted by molar-refractivity contribution is 0.497. The lowest BCUT2D eigenvalue weighted by atomic mass is 10.0. The highest BCUT2D eigenvalue weighted by atomic mass is 15.3. The standard InChI is InChI=1S/C22H25N3/c1-4-10-18(11-5-1)22-17-21(16-19-12-6-3-9-15-23-19)25(24-22)20-13-7-2-8-14-20/h1-2,4-5,7-8,10-11,13-14,17,19,23H,3,6,9,12,15-16H2. The minimum Gasteiger partial charge on any atom is -0.314 e. The first-order chi connectivity index (χ1) is 12.4. The average molecular weight is 331 g/mol. The van der Waals surface area contributed by atoms with E-state index >= 15 is 0 Å². The summed E-state index contributed by atoms with van der Waals surface area (Å²) >= 11 is 0. The Labute approximate surface area is 149 Å². The minimum absolute atomic E-state index is 0.547. The molecule has 3 nitrogen and oxygen atoms in total. The van der Waals surface area contributed by atoms with Crippen molar-refractivity contribution >= 4 is 0 Å². The zero-order chi connectivity index (χ0) is 16.9. The third-order valence-electron chi connectivity index (χ3n) is 4.97. The molecule has 128 valence electrons. The third-order valence-corrected chi connectivity index (χ3v) is 4.97. The summed E-state index contributed by atoms with van der Waals surface area (Å²) in [6.07, 6.45) is 6.23. The predicted octanol–water partition coefficient (Wildman–Crippen LogP) is 4.61. The molecule has 0 saturated carbocycles. The lowest BCUT2D eigenvalue weighted by Gasteiger charge is -2.16. The largest absolute Gasteiger partial charge is 0.314 e. The van der Waals surface area contributed by atoms with E-state index in [1.165, 1.54) is 36.9 Å². The summed E-state index contributed by atoms with van der Waals surface area (Å²) in [6, 6.07) is 23.7. The Balaban J connectivity index is 1.69. The van der Waals surface area contributed by atoms with Gasteiger partial charge < -0.3 is 5.32 Å². The van der Waals surface area contributed by atoms with E-state index in [-0.39, 0.29) is 0 Å². The molecule has 3 aromatic rings. The fourth-order valence-electron chi connectivity index (χ4n) is 3.64. The van der Waals surface area contributed by atoms with Crippen molar-refractivity contribution in [3.8, 4) is 16.9 Å². The predicted molar refractivity (Wildman–Crippen MR) is 103 cm³/mol. The van der Waals surface area contributed by atoms with Crippen LogP contribution in [0.15, 0.2) is 66.7 Å². The van der Waals surface area contributed by atoms with Crippen LogP contribution in [0.2, 0.25) is 0 Å². The van der Waals surface area contributed by atoms with Gasteiger partial charge in [0.25, 0.3) is 0 Å². The highest BCUT2D eigenvalue weighted by Gasteiger charge is 2.17. The van der Waals surface area contributed by atoms with E-state index in [4.69, 9.17) is 5.10 Å². The Hall–Kier alpha value is -2.39. The van der Waals surface area contributed by atoms with Gasteiger partial charge >= 0.3 is 0 Å². The molecule has 4 rings (SSSR count). The van der Waals surface area contributed by atoms with Crippen LogP contribution in [0.1, 0.15) is 31.4 Å². The maximum absolute atomic E-state index is 4.93. The second kappa shape index (κ2) is 7.66. The Morgan fingerprint density at radius 1 is 0.920 bits per heavy atom.